The average molecular weight is 1000 g/mol. The van der Waals surface area contributed by atoms with E-state index in [0.717, 1.165) is 27.8 Å². The summed E-state index contributed by atoms with van der Waals surface area (Å²) in [5.74, 6) is 0.0385. The number of carbonyl (C=O) groups is 3. The summed E-state index contributed by atoms with van der Waals surface area (Å²) in [4.78, 5) is 37.5. The summed E-state index contributed by atoms with van der Waals surface area (Å²) in [6, 6.07) is 38.8. The summed E-state index contributed by atoms with van der Waals surface area (Å²) in [5.41, 5.74) is 14.8. The first kappa shape index (κ1) is 69.5. The maximum atomic E-state index is 13.3. The van der Waals surface area contributed by atoms with Gasteiger partial charge in [-0.1, -0.05) is 210 Å². The van der Waals surface area contributed by atoms with Gasteiger partial charge in [0.15, 0.2) is 5.78 Å². The van der Waals surface area contributed by atoms with Crippen molar-refractivity contribution < 1.29 is 14.4 Å². The summed E-state index contributed by atoms with van der Waals surface area (Å²) < 4.78 is 0. The summed E-state index contributed by atoms with van der Waals surface area (Å²) in [6.07, 6.45) is 6.98. The first-order chi connectivity index (χ1) is 34.7. The van der Waals surface area contributed by atoms with Crippen LogP contribution < -0.4 is 0 Å². The maximum Gasteiger partial charge on any atom is 0.193 e. The Labute approximate surface area is 451 Å². The molecule has 0 saturated carbocycles. The fourth-order valence-corrected chi connectivity index (χ4v) is 7.71. The van der Waals surface area contributed by atoms with E-state index in [9.17, 15) is 4.79 Å². The van der Waals surface area contributed by atoms with Gasteiger partial charge in [-0.3, -0.25) is 14.8 Å². The lowest BCUT2D eigenvalue weighted by atomic mass is 9.60. The Hall–Kier alpha value is -6.59. The van der Waals surface area contributed by atoms with Gasteiger partial charge < -0.3 is 9.59 Å². The predicted octanol–water partition coefficient (Wildman–Crippen LogP) is 18.9. The monoisotopic (exact) mass is 1000 g/mol. The van der Waals surface area contributed by atoms with Crippen molar-refractivity contribution in [3.8, 4) is 11.1 Å². The molecule has 0 radical (unpaired) electrons. The zero-order valence-electron chi connectivity index (χ0n) is 49.8. The summed E-state index contributed by atoms with van der Waals surface area (Å²) >= 11 is 0. The molecule has 2 heterocycles. The number of hydrogen-bond donors (Lipinski definition) is 0. The van der Waals surface area contributed by atoms with E-state index < -0.39 is 0 Å². The van der Waals surface area contributed by atoms with Gasteiger partial charge in [-0.2, -0.15) is 0 Å². The number of ketones is 1. The first-order valence-electron chi connectivity index (χ1n) is 25.8. The fourth-order valence-electron chi connectivity index (χ4n) is 7.71. The van der Waals surface area contributed by atoms with Crippen LogP contribution in [0.25, 0.3) is 16.7 Å². The maximum absolute atomic E-state index is 13.3. The molecule has 4 aromatic carbocycles. The van der Waals surface area contributed by atoms with Crippen LogP contribution in [-0.4, -0.2) is 29.3 Å². The summed E-state index contributed by atoms with van der Waals surface area (Å²) in [5, 5.41) is 0. The van der Waals surface area contributed by atoms with Crippen molar-refractivity contribution in [3.05, 3.63) is 223 Å². The lowest BCUT2D eigenvalue weighted by Crippen LogP contribution is -2.40. The van der Waals surface area contributed by atoms with Crippen molar-refractivity contribution in [3.63, 3.8) is 0 Å². The highest BCUT2D eigenvalue weighted by Gasteiger charge is 2.40. The molecule has 2 aromatic heterocycles. The molecule has 6 aromatic rings. The number of carbonyl (C=O) groups excluding carboxylic acids is 3. The van der Waals surface area contributed by atoms with Crippen LogP contribution in [0.15, 0.2) is 167 Å². The van der Waals surface area contributed by atoms with E-state index in [1.165, 1.54) is 38.9 Å². The molecule has 0 atom stereocenters. The van der Waals surface area contributed by atoms with E-state index in [1.807, 2.05) is 72.7 Å². The van der Waals surface area contributed by atoms with E-state index in [0.29, 0.717) is 5.56 Å². The predicted molar refractivity (Wildman–Crippen MR) is 325 cm³/mol. The summed E-state index contributed by atoms with van der Waals surface area (Å²) in [6.45, 7) is 64.7. The number of hydrogen-bond acceptors (Lipinski definition) is 5. The smallest absolute Gasteiger partial charge is 0.193 e. The van der Waals surface area contributed by atoms with E-state index in [-0.39, 0.29) is 38.3 Å². The van der Waals surface area contributed by atoms with E-state index in [1.54, 1.807) is 24.5 Å². The van der Waals surface area contributed by atoms with Gasteiger partial charge >= 0.3 is 0 Å². The number of rotatable bonds is 10. The van der Waals surface area contributed by atoms with Gasteiger partial charge in [0.2, 0.25) is 0 Å². The minimum atomic E-state index is -0.227. The second-order valence-electron chi connectivity index (χ2n) is 21.5. The fraction of sp³-hybridized carbons (Fsp3) is 0.377. The second kappa shape index (κ2) is 31.2. The van der Waals surface area contributed by atoms with E-state index in [4.69, 9.17) is 9.59 Å². The molecule has 0 spiro atoms. The number of benzene rings is 4. The molecule has 0 unspecified atom stereocenters. The molecule has 0 bridgehead atoms. The Bertz CT molecular complexity index is 2560. The van der Waals surface area contributed by atoms with Crippen LogP contribution in [0.2, 0.25) is 0 Å². The second-order valence-corrected chi connectivity index (χ2v) is 21.5. The molecule has 6 rings (SSSR count). The molecular formula is C69H96N2O3. The molecule has 0 aliphatic rings. The number of pyridine rings is 2. The van der Waals surface area contributed by atoms with Crippen molar-refractivity contribution >= 4 is 24.9 Å². The topological polar surface area (TPSA) is 77.0 Å². The Morgan fingerprint density at radius 2 is 0.649 bits per heavy atom. The molecule has 0 aliphatic heterocycles. The van der Waals surface area contributed by atoms with Crippen molar-refractivity contribution in [1.82, 2.24) is 9.97 Å². The van der Waals surface area contributed by atoms with Crippen molar-refractivity contribution in [1.29, 1.82) is 0 Å². The van der Waals surface area contributed by atoms with Crippen molar-refractivity contribution in [2.24, 2.45) is 10.8 Å². The Morgan fingerprint density at radius 3 is 1.01 bits per heavy atom. The third kappa shape index (κ3) is 17.0. The highest BCUT2D eigenvalue weighted by molar-refractivity contribution is 6.10. The Morgan fingerprint density at radius 1 is 0.378 bits per heavy atom. The molecule has 0 N–H and O–H groups in total. The van der Waals surface area contributed by atoms with Gasteiger partial charge in [-0.15, -0.1) is 26.3 Å². The average Bonchev–Trinajstić information content (AvgIpc) is 3.42. The highest BCUT2D eigenvalue weighted by atomic mass is 16.1. The molecular weight excluding hydrogens is 905 g/mol. The molecule has 0 amide bonds. The molecule has 74 heavy (non-hydrogen) atoms. The zero-order valence-corrected chi connectivity index (χ0v) is 49.8. The zero-order chi connectivity index (χ0) is 58.1. The van der Waals surface area contributed by atoms with Crippen LogP contribution in [-0.2, 0) is 31.2 Å². The number of nitrogens with zero attached hydrogens (tertiary/aromatic N) is 2. The standard InChI is InChI=1S/C38H45NO.C21H27N.2C2H6.2C2H4.2CH2O/c1-26-11-16-32(25-33(26)34(40)29-21-23-39-24-22-29)38(9,10)37(7,8)31-19-14-28(15-20-31)27-12-17-30(18-13-27)36(5,6)35(2,3)4;1-15-8-9-18(21(6,7)20(3,4)5)14-19(15)16(2)17-10-12-22-13-11-17;6*1-2/h11-25H,1-10H3;8-14H,2H2,1,3-7H3;2*1-2H3;2*1-2H2;2*1H2. The molecule has 400 valence electrons. The third-order valence-electron chi connectivity index (χ3n) is 15.3. The lowest BCUT2D eigenvalue weighted by molar-refractivity contribution is -0.0987. The minimum absolute atomic E-state index is 0.0385. The van der Waals surface area contributed by atoms with Crippen LogP contribution >= 0.6 is 0 Å². The largest absolute Gasteiger partial charge is 0.307 e. The Balaban J connectivity index is 0. The summed E-state index contributed by atoms with van der Waals surface area (Å²) in [7, 11) is 0. The third-order valence-corrected chi connectivity index (χ3v) is 15.3. The van der Waals surface area contributed by atoms with Crippen LogP contribution in [0, 0.1) is 24.7 Å². The quantitative estimate of drug-likeness (QED) is 0.101. The van der Waals surface area contributed by atoms with Crippen LogP contribution in [0.4, 0.5) is 0 Å². The van der Waals surface area contributed by atoms with Crippen LogP contribution in [0.3, 0.4) is 0 Å². The minimum Gasteiger partial charge on any atom is -0.307 e. The number of aryl methyl sites for hydroxylation is 2. The van der Waals surface area contributed by atoms with Gasteiger partial charge in [-0.05, 0) is 138 Å². The Kier molecular flexibility index (Phi) is 29.3. The van der Waals surface area contributed by atoms with Gasteiger partial charge in [0, 0.05) is 35.9 Å². The van der Waals surface area contributed by atoms with E-state index in [2.05, 4.69) is 232 Å². The SMILES string of the molecule is C=C.C=C.C=C(c1ccncc1)c1cc(C(C)(C)C(C)(C)C)ccc1C.C=O.C=O.CC.CC.Cc1ccc(C(C)(C)C(C)(C)c2ccc(-c3ccc(C(C)(C)C(C)(C)C)cc3)cc2)cc1C(=O)c1ccncc1. The molecule has 0 fully saturated rings. The molecule has 0 aliphatic carbocycles. The van der Waals surface area contributed by atoms with Crippen molar-refractivity contribution in [2.75, 3.05) is 0 Å². The molecule has 0 saturated heterocycles. The van der Waals surface area contributed by atoms with Crippen LogP contribution in [0.5, 0.6) is 0 Å². The van der Waals surface area contributed by atoms with Gasteiger partial charge in [-0.25, -0.2) is 0 Å². The van der Waals surface area contributed by atoms with Gasteiger partial charge in [0.05, 0.1) is 0 Å². The highest BCUT2D eigenvalue weighted by Crippen LogP contribution is 2.46. The van der Waals surface area contributed by atoms with Crippen molar-refractivity contribution in [2.45, 2.75) is 160 Å². The lowest BCUT2D eigenvalue weighted by Gasteiger charge is -2.43. The molecule has 5 heteroatoms. The van der Waals surface area contributed by atoms with E-state index >= 15 is 0 Å². The molecule has 5 nitrogen and oxygen atoms in total. The number of aromatic nitrogens is 2. The van der Waals surface area contributed by atoms with Gasteiger partial charge in [0.1, 0.15) is 13.6 Å². The first-order valence-corrected chi connectivity index (χ1v) is 25.8. The van der Waals surface area contributed by atoms with Crippen LogP contribution in [0.1, 0.15) is 185 Å². The normalized spacial score (nSPS) is 11.0. The van der Waals surface area contributed by atoms with Gasteiger partial charge in [0.25, 0.3) is 0 Å².